The van der Waals surface area contributed by atoms with Crippen LogP contribution in [0.1, 0.15) is 32.6 Å². The zero-order valence-corrected chi connectivity index (χ0v) is 16.9. The summed E-state index contributed by atoms with van der Waals surface area (Å²) in [5.74, 6) is -3.69. The number of aldehydes is 1. The number of benzene rings is 1. The quantitative estimate of drug-likeness (QED) is 0.391. The highest BCUT2D eigenvalue weighted by molar-refractivity contribution is 5.80. The fourth-order valence-corrected chi connectivity index (χ4v) is 4.26. The Kier molecular flexibility index (Phi) is 7.02. The molecule has 2 N–H and O–H groups in total. The Morgan fingerprint density at radius 1 is 1.23 bits per heavy atom. The maximum atomic E-state index is 13.8. The van der Waals surface area contributed by atoms with E-state index < -0.39 is 29.1 Å². The third-order valence-corrected chi connectivity index (χ3v) is 6.03. The fourth-order valence-electron chi connectivity index (χ4n) is 4.26. The number of rotatable bonds is 8. The Bertz CT molecular complexity index is 778. The highest BCUT2D eigenvalue weighted by atomic mass is 19.2. The van der Waals surface area contributed by atoms with Gasteiger partial charge in [-0.1, -0.05) is 0 Å². The van der Waals surface area contributed by atoms with Crippen molar-refractivity contribution in [1.82, 2.24) is 4.90 Å². The lowest BCUT2D eigenvalue weighted by Gasteiger charge is -2.46. The molecular formula is C21H27F3N2O4. The maximum absolute atomic E-state index is 13.8. The summed E-state index contributed by atoms with van der Waals surface area (Å²) in [6.45, 7) is 3.12. The number of piperidine rings is 1. The normalized spacial score (nSPS) is 25.5. The molecule has 166 valence electrons. The van der Waals surface area contributed by atoms with Crippen LogP contribution < -0.4 is 10.5 Å². The number of carbonyl (C=O) groups is 2. The molecule has 1 saturated carbocycles. The Balaban J connectivity index is 1.45. The molecule has 0 spiro atoms. The summed E-state index contributed by atoms with van der Waals surface area (Å²) in [6.07, 6.45) is 2.65. The molecule has 1 aromatic rings. The van der Waals surface area contributed by atoms with Crippen LogP contribution in [-0.4, -0.2) is 55.0 Å². The predicted molar refractivity (Wildman–Crippen MR) is 102 cm³/mol. The second-order valence-corrected chi connectivity index (χ2v) is 8.33. The second-order valence-electron chi connectivity index (χ2n) is 8.33. The van der Waals surface area contributed by atoms with Crippen LogP contribution in [0.2, 0.25) is 0 Å². The molecule has 1 aliphatic carbocycles. The highest BCUT2D eigenvalue weighted by Crippen LogP contribution is 2.38. The first-order valence-corrected chi connectivity index (χ1v) is 10.1. The first-order valence-electron chi connectivity index (χ1n) is 10.1. The molecule has 9 heteroatoms. The van der Waals surface area contributed by atoms with E-state index in [0.717, 1.165) is 0 Å². The van der Waals surface area contributed by atoms with Crippen molar-refractivity contribution in [2.75, 3.05) is 26.3 Å². The van der Waals surface area contributed by atoms with Crippen LogP contribution in [0, 0.1) is 29.3 Å². The maximum Gasteiger partial charge on any atom is 0.225 e. The standard InChI is InChI=1S/C21H27F3N2O4/c1-13(30-19-9-17(23)16(22)8-18(19)24)14-2-4-26(5-3-14)20(28)15-10-21(25,11-15)12-29-7-6-27/h6,8-9,13-15H,2-5,7,10-12,25H2,1H3. The molecule has 1 saturated heterocycles. The number of halogens is 3. The Hall–Kier alpha value is -2.13. The van der Waals surface area contributed by atoms with Gasteiger partial charge in [-0.05, 0) is 38.5 Å². The van der Waals surface area contributed by atoms with Crippen molar-refractivity contribution >= 4 is 12.2 Å². The third-order valence-electron chi connectivity index (χ3n) is 6.03. The summed E-state index contributed by atoms with van der Waals surface area (Å²) in [5, 5.41) is 0. The van der Waals surface area contributed by atoms with E-state index in [-0.39, 0.29) is 36.7 Å². The summed E-state index contributed by atoms with van der Waals surface area (Å²) >= 11 is 0. The molecule has 0 radical (unpaired) electrons. The first-order chi connectivity index (χ1) is 14.2. The topological polar surface area (TPSA) is 81.9 Å². The molecule has 3 rings (SSSR count). The molecule has 1 aromatic carbocycles. The van der Waals surface area contributed by atoms with E-state index in [2.05, 4.69) is 0 Å². The van der Waals surface area contributed by atoms with Crippen LogP contribution in [0.3, 0.4) is 0 Å². The van der Waals surface area contributed by atoms with E-state index in [1.165, 1.54) is 0 Å². The molecule has 30 heavy (non-hydrogen) atoms. The minimum absolute atomic E-state index is 0.000204. The summed E-state index contributed by atoms with van der Waals surface area (Å²) < 4.78 is 50.9. The monoisotopic (exact) mass is 428 g/mol. The average Bonchev–Trinajstić information content (AvgIpc) is 2.69. The van der Waals surface area contributed by atoms with Crippen molar-refractivity contribution in [3.05, 3.63) is 29.6 Å². The van der Waals surface area contributed by atoms with Crippen LogP contribution in [0.25, 0.3) is 0 Å². The van der Waals surface area contributed by atoms with Gasteiger partial charge in [0.2, 0.25) is 5.91 Å². The second kappa shape index (κ2) is 9.34. The Labute approximate surface area is 173 Å². The summed E-state index contributed by atoms with van der Waals surface area (Å²) in [4.78, 5) is 24.8. The van der Waals surface area contributed by atoms with Gasteiger partial charge in [0.15, 0.2) is 23.2 Å². The minimum atomic E-state index is -1.26. The number of likely N-dealkylation sites (tertiary alicyclic amines) is 1. The first kappa shape index (κ1) is 22.6. The van der Waals surface area contributed by atoms with E-state index in [1.54, 1.807) is 11.8 Å². The summed E-state index contributed by atoms with van der Waals surface area (Å²) in [7, 11) is 0. The van der Waals surface area contributed by atoms with Gasteiger partial charge < -0.3 is 24.9 Å². The SMILES string of the molecule is CC(Oc1cc(F)c(F)cc1F)C1CCN(C(=O)C2CC(N)(COCC=O)C2)CC1. The number of hydrogen-bond acceptors (Lipinski definition) is 5. The van der Waals surface area contributed by atoms with Crippen LogP contribution in [0.5, 0.6) is 5.75 Å². The van der Waals surface area contributed by atoms with Crippen LogP contribution in [0.15, 0.2) is 12.1 Å². The molecular weight excluding hydrogens is 401 g/mol. The van der Waals surface area contributed by atoms with E-state index >= 15 is 0 Å². The number of nitrogens with two attached hydrogens (primary N) is 1. The van der Waals surface area contributed by atoms with Gasteiger partial charge in [-0.15, -0.1) is 0 Å². The Morgan fingerprint density at radius 2 is 1.87 bits per heavy atom. The number of carbonyl (C=O) groups excluding carboxylic acids is 2. The number of amides is 1. The number of ether oxygens (including phenoxy) is 2. The average molecular weight is 428 g/mol. The van der Waals surface area contributed by atoms with Crippen LogP contribution >= 0.6 is 0 Å². The third kappa shape index (κ3) is 5.13. The zero-order chi connectivity index (χ0) is 21.9. The lowest BCUT2D eigenvalue weighted by molar-refractivity contribution is -0.144. The summed E-state index contributed by atoms with van der Waals surface area (Å²) in [6, 6.07) is 1.19. The lowest BCUT2D eigenvalue weighted by atomic mass is 9.68. The number of nitrogens with zero attached hydrogens (tertiary/aromatic N) is 1. The largest absolute Gasteiger partial charge is 0.487 e. The molecule has 0 bridgehead atoms. The molecule has 0 aromatic heterocycles. The van der Waals surface area contributed by atoms with Gasteiger partial charge >= 0.3 is 0 Å². The van der Waals surface area contributed by atoms with Crippen molar-refractivity contribution < 1.29 is 32.2 Å². The molecule has 2 fully saturated rings. The van der Waals surface area contributed by atoms with E-state index in [1.807, 2.05) is 0 Å². The highest BCUT2D eigenvalue weighted by Gasteiger charge is 2.46. The molecule has 1 aliphatic heterocycles. The molecule has 2 aliphatic rings. The fraction of sp³-hybridized carbons (Fsp3) is 0.619. The van der Waals surface area contributed by atoms with Gasteiger partial charge in [-0.3, -0.25) is 4.79 Å². The van der Waals surface area contributed by atoms with Gasteiger partial charge in [-0.2, -0.15) is 0 Å². The predicted octanol–water partition coefficient (Wildman–Crippen LogP) is 2.43. The van der Waals surface area contributed by atoms with Gasteiger partial charge in [-0.25, -0.2) is 13.2 Å². The van der Waals surface area contributed by atoms with Gasteiger partial charge in [0.1, 0.15) is 12.9 Å². The molecule has 1 heterocycles. The van der Waals surface area contributed by atoms with Crippen molar-refractivity contribution in [2.24, 2.45) is 17.6 Å². The zero-order valence-electron chi connectivity index (χ0n) is 16.9. The van der Waals surface area contributed by atoms with E-state index in [9.17, 15) is 22.8 Å². The lowest BCUT2D eigenvalue weighted by Crippen LogP contribution is -2.59. The van der Waals surface area contributed by atoms with Crippen molar-refractivity contribution in [3.63, 3.8) is 0 Å². The van der Waals surface area contributed by atoms with Crippen molar-refractivity contribution in [1.29, 1.82) is 0 Å². The van der Waals surface area contributed by atoms with Crippen molar-refractivity contribution in [3.8, 4) is 5.75 Å². The molecule has 1 amide bonds. The van der Waals surface area contributed by atoms with Gasteiger partial charge in [0.05, 0.1) is 12.7 Å². The molecule has 6 nitrogen and oxygen atoms in total. The van der Waals surface area contributed by atoms with Crippen LogP contribution in [-0.2, 0) is 14.3 Å². The van der Waals surface area contributed by atoms with E-state index in [4.69, 9.17) is 15.2 Å². The molecule has 1 unspecified atom stereocenters. The van der Waals surface area contributed by atoms with E-state index in [0.29, 0.717) is 57.2 Å². The smallest absolute Gasteiger partial charge is 0.225 e. The van der Waals surface area contributed by atoms with Gasteiger partial charge in [0.25, 0.3) is 0 Å². The minimum Gasteiger partial charge on any atom is -0.487 e. The van der Waals surface area contributed by atoms with Crippen LogP contribution in [0.4, 0.5) is 13.2 Å². The summed E-state index contributed by atoms with van der Waals surface area (Å²) in [5.41, 5.74) is 5.60. The number of hydrogen-bond donors (Lipinski definition) is 1. The molecule has 1 atom stereocenters. The Morgan fingerprint density at radius 3 is 2.50 bits per heavy atom. The van der Waals surface area contributed by atoms with Gasteiger partial charge in [0, 0.05) is 36.7 Å². The van der Waals surface area contributed by atoms with Crippen molar-refractivity contribution in [2.45, 2.75) is 44.2 Å².